The summed E-state index contributed by atoms with van der Waals surface area (Å²) in [7, 11) is 0. The van der Waals surface area contributed by atoms with E-state index in [-0.39, 0.29) is 30.1 Å². The van der Waals surface area contributed by atoms with Gasteiger partial charge in [-0.05, 0) is 34.7 Å². The molecule has 0 aliphatic carbocycles. The molecule has 150 valence electrons. The van der Waals surface area contributed by atoms with Crippen molar-refractivity contribution in [2.24, 2.45) is 0 Å². The van der Waals surface area contributed by atoms with Gasteiger partial charge >= 0.3 is 0 Å². The number of nitrogens with zero attached hydrogens (tertiary/aromatic N) is 3. The molecule has 0 spiro atoms. The molecule has 3 aromatic rings. The average molecular weight is 394 g/mol. The molecule has 1 aliphatic heterocycles. The van der Waals surface area contributed by atoms with Gasteiger partial charge in [-0.15, -0.1) is 5.10 Å². The van der Waals surface area contributed by atoms with Crippen molar-refractivity contribution >= 4 is 5.91 Å². The molecule has 29 heavy (non-hydrogen) atoms. The summed E-state index contributed by atoms with van der Waals surface area (Å²) < 4.78 is 20.7. The highest BCUT2D eigenvalue weighted by Gasteiger charge is 2.27. The van der Waals surface area contributed by atoms with Gasteiger partial charge in [0.2, 0.25) is 0 Å². The first-order valence-corrected chi connectivity index (χ1v) is 9.67. The normalized spacial score (nSPS) is 15.9. The number of amides is 1. The number of hydrogen-bond acceptors (Lipinski definition) is 4. The highest BCUT2D eigenvalue weighted by molar-refractivity contribution is 5.93. The van der Waals surface area contributed by atoms with Crippen LogP contribution in [0.5, 0.6) is 0 Å². The molecule has 0 fully saturated rings. The van der Waals surface area contributed by atoms with Crippen molar-refractivity contribution in [3.63, 3.8) is 0 Å². The van der Waals surface area contributed by atoms with Gasteiger partial charge in [0, 0.05) is 6.54 Å². The monoisotopic (exact) mass is 394 g/mol. The van der Waals surface area contributed by atoms with E-state index < -0.39 is 0 Å². The van der Waals surface area contributed by atoms with Gasteiger partial charge in [0.1, 0.15) is 11.9 Å². The molecule has 2 aromatic carbocycles. The Morgan fingerprint density at radius 3 is 2.62 bits per heavy atom. The highest BCUT2D eigenvalue weighted by Crippen LogP contribution is 2.27. The molecule has 1 aliphatic rings. The van der Waals surface area contributed by atoms with Crippen molar-refractivity contribution < 1.29 is 13.9 Å². The summed E-state index contributed by atoms with van der Waals surface area (Å²) in [6.07, 6.45) is -0.250. The molecular formula is C22H23FN4O2. The molecule has 2 heterocycles. The number of benzene rings is 2. The number of hydrogen-bond donors (Lipinski definition) is 1. The Hall–Kier alpha value is -3.06. The first-order valence-electron chi connectivity index (χ1n) is 9.67. The van der Waals surface area contributed by atoms with E-state index in [2.05, 4.69) is 41.6 Å². The second-order valence-electron chi connectivity index (χ2n) is 7.50. The SMILES string of the molecule is CC(C)c1ccc(CNC(=O)c2nnn3c2COC(c2ccc(F)cc2)C3)cc1. The minimum atomic E-state index is -0.288. The molecular weight excluding hydrogens is 371 g/mol. The number of nitrogens with one attached hydrogen (secondary N) is 1. The van der Waals surface area contributed by atoms with Crippen LogP contribution in [0.15, 0.2) is 48.5 Å². The predicted octanol–water partition coefficient (Wildman–Crippen LogP) is 3.74. The maximum atomic E-state index is 13.1. The van der Waals surface area contributed by atoms with Crippen LogP contribution in [0.3, 0.4) is 0 Å². The lowest BCUT2D eigenvalue weighted by atomic mass is 10.0. The first-order chi connectivity index (χ1) is 14.0. The van der Waals surface area contributed by atoms with Crippen LogP contribution < -0.4 is 5.32 Å². The smallest absolute Gasteiger partial charge is 0.274 e. The largest absolute Gasteiger partial charge is 0.365 e. The van der Waals surface area contributed by atoms with E-state index in [1.54, 1.807) is 16.8 Å². The number of halogens is 1. The van der Waals surface area contributed by atoms with Gasteiger partial charge in [-0.25, -0.2) is 9.07 Å². The standard InChI is InChI=1S/C22H23FN4O2/c1-14(2)16-5-3-15(4-6-16)11-24-22(28)21-19-13-29-20(12-27(19)26-25-21)17-7-9-18(23)10-8-17/h3-10,14,20H,11-13H2,1-2H3,(H,24,28). The van der Waals surface area contributed by atoms with Crippen molar-refractivity contribution in [3.8, 4) is 0 Å². The second-order valence-corrected chi connectivity index (χ2v) is 7.50. The minimum Gasteiger partial charge on any atom is -0.365 e. The van der Waals surface area contributed by atoms with E-state index in [9.17, 15) is 9.18 Å². The molecule has 1 unspecified atom stereocenters. The third-order valence-electron chi connectivity index (χ3n) is 5.15. The van der Waals surface area contributed by atoms with Crippen molar-refractivity contribution in [3.05, 3.63) is 82.4 Å². The number of ether oxygens (including phenoxy) is 1. The lowest BCUT2D eigenvalue weighted by Crippen LogP contribution is -2.27. The van der Waals surface area contributed by atoms with Gasteiger partial charge < -0.3 is 10.1 Å². The molecule has 6 nitrogen and oxygen atoms in total. The quantitative estimate of drug-likeness (QED) is 0.716. The Balaban J connectivity index is 1.40. The zero-order valence-electron chi connectivity index (χ0n) is 16.4. The van der Waals surface area contributed by atoms with Crippen molar-refractivity contribution in [2.75, 3.05) is 0 Å². The van der Waals surface area contributed by atoms with Crippen LogP contribution in [-0.2, 0) is 24.4 Å². The molecule has 4 rings (SSSR count). The zero-order valence-corrected chi connectivity index (χ0v) is 16.4. The third-order valence-corrected chi connectivity index (χ3v) is 5.15. The summed E-state index contributed by atoms with van der Waals surface area (Å²) >= 11 is 0. The summed E-state index contributed by atoms with van der Waals surface area (Å²) in [6.45, 7) is 5.37. The Bertz CT molecular complexity index is 997. The van der Waals surface area contributed by atoms with Gasteiger partial charge in [0.25, 0.3) is 5.91 Å². The van der Waals surface area contributed by atoms with Crippen LogP contribution >= 0.6 is 0 Å². The van der Waals surface area contributed by atoms with E-state index in [4.69, 9.17) is 4.74 Å². The van der Waals surface area contributed by atoms with Crippen molar-refractivity contribution in [2.45, 2.75) is 45.6 Å². The fraction of sp³-hybridized carbons (Fsp3) is 0.318. The zero-order chi connectivity index (χ0) is 20.4. The van der Waals surface area contributed by atoms with E-state index in [0.29, 0.717) is 24.7 Å². The second kappa shape index (κ2) is 8.13. The van der Waals surface area contributed by atoms with Gasteiger partial charge in [0.15, 0.2) is 5.69 Å². The summed E-state index contributed by atoms with van der Waals surface area (Å²) in [4.78, 5) is 12.6. The minimum absolute atomic E-state index is 0.223. The summed E-state index contributed by atoms with van der Waals surface area (Å²) in [6, 6.07) is 14.4. The van der Waals surface area contributed by atoms with Crippen LogP contribution in [0.25, 0.3) is 0 Å². The Morgan fingerprint density at radius 1 is 1.21 bits per heavy atom. The number of fused-ring (bicyclic) bond motifs is 1. The predicted molar refractivity (Wildman–Crippen MR) is 106 cm³/mol. The van der Waals surface area contributed by atoms with Gasteiger partial charge in [-0.2, -0.15) is 0 Å². The maximum Gasteiger partial charge on any atom is 0.274 e. The molecule has 0 saturated heterocycles. The third kappa shape index (κ3) is 4.19. The number of rotatable bonds is 5. The molecule has 7 heteroatoms. The van der Waals surface area contributed by atoms with Crippen LogP contribution in [0, 0.1) is 5.82 Å². The lowest BCUT2D eigenvalue weighted by Gasteiger charge is -2.24. The number of carbonyl (C=O) groups is 1. The number of aromatic nitrogens is 3. The lowest BCUT2D eigenvalue weighted by molar-refractivity contribution is -0.00180. The molecule has 0 bridgehead atoms. The van der Waals surface area contributed by atoms with Gasteiger partial charge in [-0.1, -0.05) is 55.5 Å². The van der Waals surface area contributed by atoms with Crippen LogP contribution in [0.4, 0.5) is 4.39 Å². The Kier molecular flexibility index (Phi) is 5.40. The fourth-order valence-corrected chi connectivity index (χ4v) is 3.35. The maximum absolute atomic E-state index is 13.1. The van der Waals surface area contributed by atoms with E-state index in [1.807, 2.05) is 12.1 Å². The van der Waals surface area contributed by atoms with Gasteiger partial charge in [-0.3, -0.25) is 4.79 Å². The fourth-order valence-electron chi connectivity index (χ4n) is 3.35. The highest BCUT2D eigenvalue weighted by atomic mass is 19.1. The molecule has 0 saturated carbocycles. The average Bonchev–Trinajstić information content (AvgIpc) is 3.16. The summed E-state index contributed by atoms with van der Waals surface area (Å²) in [5.41, 5.74) is 4.08. The molecule has 0 radical (unpaired) electrons. The number of carbonyl (C=O) groups excluding carboxylic acids is 1. The first kappa shape index (κ1) is 19.3. The molecule has 1 N–H and O–H groups in total. The molecule has 1 aromatic heterocycles. The van der Waals surface area contributed by atoms with Crippen molar-refractivity contribution in [1.82, 2.24) is 20.3 Å². The van der Waals surface area contributed by atoms with E-state index in [1.165, 1.54) is 17.7 Å². The van der Waals surface area contributed by atoms with Crippen molar-refractivity contribution in [1.29, 1.82) is 0 Å². The molecule has 1 amide bonds. The van der Waals surface area contributed by atoms with Crippen LogP contribution in [0.1, 0.15) is 58.7 Å². The Morgan fingerprint density at radius 2 is 1.93 bits per heavy atom. The Labute approximate surface area is 168 Å². The van der Waals surface area contributed by atoms with Crippen LogP contribution in [0.2, 0.25) is 0 Å². The topological polar surface area (TPSA) is 69.0 Å². The van der Waals surface area contributed by atoms with E-state index in [0.717, 1.165) is 11.1 Å². The van der Waals surface area contributed by atoms with Gasteiger partial charge in [0.05, 0.1) is 18.8 Å². The van der Waals surface area contributed by atoms with E-state index >= 15 is 0 Å². The summed E-state index contributed by atoms with van der Waals surface area (Å²) in [5.74, 6) is -0.0904. The van der Waals surface area contributed by atoms with Crippen LogP contribution in [-0.4, -0.2) is 20.9 Å². The molecule has 1 atom stereocenters. The summed E-state index contributed by atoms with van der Waals surface area (Å²) in [5, 5.41) is 11.1.